The molecule has 0 aliphatic heterocycles. The third-order valence-corrected chi connectivity index (χ3v) is 2.65. The lowest BCUT2D eigenvalue weighted by molar-refractivity contribution is 0.0958. The van der Waals surface area contributed by atoms with Gasteiger partial charge < -0.3 is 10.1 Å². The molecule has 0 unspecified atom stereocenters. The smallest absolute Gasteiger partial charge is 0.261 e. The van der Waals surface area contributed by atoms with Crippen LogP contribution in [0.15, 0.2) is 11.4 Å². The molecule has 0 radical (unpaired) electrons. The van der Waals surface area contributed by atoms with E-state index < -0.39 is 0 Å². The summed E-state index contributed by atoms with van der Waals surface area (Å²) in [7, 11) is 1.58. The van der Waals surface area contributed by atoms with Gasteiger partial charge in [-0.1, -0.05) is 0 Å². The maximum atomic E-state index is 11.5. The Kier molecular flexibility index (Phi) is 4.72. The van der Waals surface area contributed by atoms with Crippen LogP contribution in [-0.4, -0.2) is 19.6 Å². The molecule has 0 fully saturated rings. The summed E-state index contributed by atoms with van der Waals surface area (Å²) in [5.74, 6) is 6.31. The largest absolute Gasteiger partial charge is 0.496 e. The molecular formula is C11H13NO2S. The van der Waals surface area contributed by atoms with Gasteiger partial charge in [-0.2, -0.15) is 0 Å². The van der Waals surface area contributed by atoms with Crippen LogP contribution in [0.3, 0.4) is 0 Å². The van der Waals surface area contributed by atoms with E-state index in [1.165, 1.54) is 11.3 Å². The first kappa shape index (κ1) is 11.6. The molecule has 1 heterocycles. The molecule has 0 saturated carbocycles. The molecule has 80 valence electrons. The SMILES string of the molecule is CC#CCCNC(=O)c1cc(OC)cs1. The topological polar surface area (TPSA) is 38.3 Å². The Labute approximate surface area is 93.5 Å². The highest BCUT2D eigenvalue weighted by Gasteiger charge is 2.07. The molecule has 0 aromatic carbocycles. The predicted octanol–water partition coefficient (Wildman–Crippen LogP) is 1.90. The van der Waals surface area contributed by atoms with Crippen molar-refractivity contribution in [3.63, 3.8) is 0 Å². The van der Waals surface area contributed by atoms with Gasteiger partial charge >= 0.3 is 0 Å². The van der Waals surface area contributed by atoms with Crippen molar-refractivity contribution in [3.05, 3.63) is 16.3 Å². The van der Waals surface area contributed by atoms with Gasteiger partial charge in [0, 0.05) is 24.4 Å². The molecule has 15 heavy (non-hydrogen) atoms. The zero-order valence-electron chi connectivity index (χ0n) is 8.79. The minimum Gasteiger partial charge on any atom is -0.496 e. The van der Waals surface area contributed by atoms with Crippen LogP contribution in [0.2, 0.25) is 0 Å². The molecule has 0 atom stereocenters. The van der Waals surface area contributed by atoms with Gasteiger partial charge in [0.1, 0.15) is 5.75 Å². The molecule has 0 aliphatic carbocycles. The van der Waals surface area contributed by atoms with E-state index in [2.05, 4.69) is 17.2 Å². The molecule has 1 N–H and O–H groups in total. The molecule has 0 aliphatic rings. The minimum atomic E-state index is -0.0683. The van der Waals surface area contributed by atoms with Crippen LogP contribution in [0, 0.1) is 11.8 Å². The van der Waals surface area contributed by atoms with Crippen molar-refractivity contribution in [3.8, 4) is 17.6 Å². The maximum absolute atomic E-state index is 11.5. The van der Waals surface area contributed by atoms with Crippen molar-refractivity contribution in [2.24, 2.45) is 0 Å². The summed E-state index contributed by atoms with van der Waals surface area (Å²) in [5.41, 5.74) is 0. The first-order chi connectivity index (χ1) is 7.27. The Morgan fingerprint density at radius 3 is 3.07 bits per heavy atom. The van der Waals surface area contributed by atoms with Crippen LogP contribution >= 0.6 is 11.3 Å². The monoisotopic (exact) mass is 223 g/mol. The predicted molar refractivity (Wildman–Crippen MR) is 61.3 cm³/mol. The zero-order valence-corrected chi connectivity index (χ0v) is 9.61. The Balaban J connectivity index is 2.42. The highest BCUT2D eigenvalue weighted by molar-refractivity contribution is 7.12. The summed E-state index contributed by atoms with van der Waals surface area (Å²) in [5, 5.41) is 4.59. The summed E-state index contributed by atoms with van der Waals surface area (Å²) in [6.45, 7) is 2.37. The fourth-order valence-electron chi connectivity index (χ4n) is 0.996. The summed E-state index contributed by atoms with van der Waals surface area (Å²) < 4.78 is 5.00. The Morgan fingerprint density at radius 1 is 1.67 bits per heavy atom. The van der Waals surface area contributed by atoms with Crippen LogP contribution in [0.25, 0.3) is 0 Å². The molecule has 3 nitrogen and oxygen atoms in total. The van der Waals surface area contributed by atoms with Crippen molar-refractivity contribution in [2.75, 3.05) is 13.7 Å². The average Bonchev–Trinajstić information content (AvgIpc) is 2.72. The summed E-state index contributed by atoms with van der Waals surface area (Å²) in [4.78, 5) is 12.2. The lowest BCUT2D eigenvalue weighted by atomic mass is 10.4. The average molecular weight is 223 g/mol. The van der Waals surface area contributed by atoms with Crippen molar-refractivity contribution >= 4 is 17.2 Å². The van der Waals surface area contributed by atoms with E-state index in [-0.39, 0.29) is 5.91 Å². The zero-order chi connectivity index (χ0) is 11.1. The number of hydrogen-bond donors (Lipinski definition) is 1. The van der Waals surface area contributed by atoms with Crippen LogP contribution in [-0.2, 0) is 0 Å². The van der Waals surface area contributed by atoms with Crippen molar-refractivity contribution < 1.29 is 9.53 Å². The number of carbonyl (C=O) groups is 1. The standard InChI is InChI=1S/C11H13NO2S/c1-3-4-5-6-12-11(13)10-7-9(14-2)8-15-10/h7-8H,5-6H2,1-2H3,(H,12,13). The van der Waals surface area contributed by atoms with Gasteiger partial charge in [0.25, 0.3) is 5.91 Å². The van der Waals surface area contributed by atoms with E-state index in [0.717, 1.165) is 5.75 Å². The van der Waals surface area contributed by atoms with Crippen LogP contribution in [0.1, 0.15) is 23.0 Å². The van der Waals surface area contributed by atoms with Crippen LogP contribution in [0.5, 0.6) is 5.75 Å². The Morgan fingerprint density at radius 2 is 2.47 bits per heavy atom. The normalized spacial score (nSPS) is 8.93. The van der Waals surface area contributed by atoms with Crippen molar-refractivity contribution in [2.45, 2.75) is 13.3 Å². The van der Waals surface area contributed by atoms with Crippen LogP contribution in [0.4, 0.5) is 0 Å². The molecule has 0 saturated heterocycles. The maximum Gasteiger partial charge on any atom is 0.261 e. The first-order valence-electron chi connectivity index (χ1n) is 4.58. The molecule has 1 rings (SSSR count). The summed E-state index contributed by atoms with van der Waals surface area (Å²) in [6, 6.07) is 1.73. The highest BCUT2D eigenvalue weighted by atomic mass is 32.1. The number of nitrogens with one attached hydrogen (secondary N) is 1. The lowest BCUT2D eigenvalue weighted by Gasteiger charge is -1.99. The second-order valence-corrected chi connectivity index (χ2v) is 3.69. The van der Waals surface area contributed by atoms with Gasteiger partial charge in [-0.15, -0.1) is 23.2 Å². The van der Waals surface area contributed by atoms with Gasteiger partial charge in [0.05, 0.1) is 12.0 Å². The van der Waals surface area contributed by atoms with Gasteiger partial charge in [-0.25, -0.2) is 0 Å². The molecule has 0 bridgehead atoms. The van der Waals surface area contributed by atoms with E-state index >= 15 is 0 Å². The molecule has 1 amide bonds. The molecule has 1 aromatic heterocycles. The third kappa shape index (κ3) is 3.64. The molecule has 0 spiro atoms. The van der Waals surface area contributed by atoms with Crippen molar-refractivity contribution in [1.82, 2.24) is 5.32 Å². The molecule has 4 heteroatoms. The Hall–Kier alpha value is -1.47. The summed E-state index contributed by atoms with van der Waals surface area (Å²) >= 11 is 1.37. The van der Waals surface area contributed by atoms with Gasteiger partial charge in [-0.3, -0.25) is 4.79 Å². The minimum absolute atomic E-state index is 0.0683. The molecular weight excluding hydrogens is 210 g/mol. The highest BCUT2D eigenvalue weighted by Crippen LogP contribution is 2.20. The van der Waals surface area contributed by atoms with Gasteiger partial charge in [0.15, 0.2) is 0 Å². The van der Waals surface area contributed by atoms with E-state index in [1.807, 2.05) is 0 Å². The van der Waals surface area contributed by atoms with E-state index in [0.29, 0.717) is 17.8 Å². The number of amides is 1. The Bertz CT molecular complexity index is 387. The number of hydrogen-bond acceptors (Lipinski definition) is 3. The number of rotatable bonds is 4. The first-order valence-corrected chi connectivity index (χ1v) is 5.46. The van der Waals surface area contributed by atoms with E-state index in [4.69, 9.17) is 4.74 Å². The summed E-state index contributed by atoms with van der Waals surface area (Å²) in [6.07, 6.45) is 0.685. The second kappa shape index (κ2) is 6.10. The number of ether oxygens (including phenoxy) is 1. The van der Waals surface area contributed by atoms with Crippen molar-refractivity contribution in [1.29, 1.82) is 0 Å². The van der Waals surface area contributed by atoms with Gasteiger partial charge in [-0.05, 0) is 6.92 Å². The van der Waals surface area contributed by atoms with Gasteiger partial charge in [0.2, 0.25) is 0 Å². The second-order valence-electron chi connectivity index (χ2n) is 2.78. The lowest BCUT2D eigenvalue weighted by Crippen LogP contribution is -2.23. The number of thiophene rings is 1. The quantitative estimate of drug-likeness (QED) is 0.625. The van der Waals surface area contributed by atoms with E-state index in [1.54, 1.807) is 25.5 Å². The number of methoxy groups -OCH3 is 1. The van der Waals surface area contributed by atoms with Crippen LogP contribution < -0.4 is 10.1 Å². The van der Waals surface area contributed by atoms with E-state index in [9.17, 15) is 4.79 Å². The number of carbonyl (C=O) groups excluding carboxylic acids is 1. The fourth-order valence-corrected chi connectivity index (χ4v) is 1.77. The molecule has 1 aromatic rings. The third-order valence-electron chi connectivity index (χ3n) is 1.75. The fraction of sp³-hybridized carbons (Fsp3) is 0.364.